The van der Waals surface area contributed by atoms with E-state index in [1.165, 1.54) is 11.3 Å². The monoisotopic (exact) mass is 451 g/mol. The Morgan fingerprint density at radius 2 is 1.87 bits per heavy atom. The van der Waals surface area contributed by atoms with Gasteiger partial charge in [0.05, 0.1) is 0 Å². The molecule has 0 bridgehead atoms. The second-order valence-corrected chi connectivity index (χ2v) is 8.67. The fourth-order valence-electron chi connectivity index (χ4n) is 3.13. The lowest BCUT2D eigenvalue weighted by molar-refractivity contribution is -0.133. The van der Waals surface area contributed by atoms with Crippen molar-refractivity contribution in [1.82, 2.24) is 20.0 Å². The quantitative estimate of drug-likeness (QED) is 0.630. The van der Waals surface area contributed by atoms with Crippen molar-refractivity contribution in [3.8, 4) is 5.75 Å². The molecule has 1 fully saturated rings. The molecule has 2 amide bonds. The molecule has 162 valence electrons. The highest BCUT2D eigenvalue weighted by Crippen LogP contribution is 2.16. The van der Waals surface area contributed by atoms with Gasteiger partial charge in [-0.2, -0.15) is 0 Å². The molecule has 1 aromatic carbocycles. The molecule has 0 aliphatic carbocycles. The van der Waals surface area contributed by atoms with Crippen molar-refractivity contribution in [2.24, 2.45) is 0 Å². The summed E-state index contributed by atoms with van der Waals surface area (Å²) in [6.07, 6.45) is 1.20. The molecular formula is C20H26ClN5O3S. The van der Waals surface area contributed by atoms with Crippen LogP contribution in [-0.2, 0) is 9.59 Å². The summed E-state index contributed by atoms with van der Waals surface area (Å²) in [6, 6.07) is 7.33. The highest BCUT2D eigenvalue weighted by molar-refractivity contribution is 7.15. The van der Waals surface area contributed by atoms with E-state index in [0.717, 1.165) is 30.4 Å². The van der Waals surface area contributed by atoms with Crippen LogP contribution in [0.15, 0.2) is 24.3 Å². The lowest BCUT2D eigenvalue weighted by Gasteiger charge is -2.34. The van der Waals surface area contributed by atoms with E-state index < -0.39 is 0 Å². The van der Waals surface area contributed by atoms with Crippen molar-refractivity contribution in [2.75, 3.05) is 44.6 Å². The molecule has 1 aliphatic heterocycles. The average molecular weight is 452 g/mol. The minimum absolute atomic E-state index is 0.103. The van der Waals surface area contributed by atoms with Gasteiger partial charge in [0.1, 0.15) is 17.4 Å². The van der Waals surface area contributed by atoms with Crippen LogP contribution in [-0.4, -0.2) is 71.1 Å². The summed E-state index contributed by atoms with van der Waals surface area (Å²) in [7, 11) is 0. The number of amides is 2. The molecule has 0 atom stereocenters. The predicted molar refractivity (Wildman–Crippen MR) is 117 cm³/mol. The van der Waals surface area contributed by atoms with E-state index in [9.17, 15) is 9.59 Å². The molecule has 2 heterocycles. The summed E-state index contributed by atoms with van der Waals surface area (Å²) in [6.45, 7) is 6.30. The van der Waals surface area contributed by atoms with E-state index in [-0.39, 0.29) is 11.8 Å². The van der Waals surface area contributed by atoms with Gasteiger partial charge < -0.3 is 15.0 Å². The van der Waals surface area contributed by atoms with Crippen LogP contribution in [0.4, 0.5) is 5.13 Å². The van der Waals surface area contributed by atoms with Gasteiger partial charge in [-0.3, -0.25) is 14.5 Å². The average Bonchev–Trinajstić information content (AvgIpc) is 3.14. The van der Waals surface area contributed by atoms with Crippen molar-refractivity contribution in [2.45, 2.75) is 26.2 Å². The van der Waals surface area contributed by atoms with Crippen LogP contribution >= 0.6 is 22.9 Å². The molecule has 10 heteroatoms. The number of benzene rings is 1. The number of nitrogens with one attached hydrogen (secondary N) is 1. The van der Waals surface area contributed by atoms with Crippen molar-refractivity contribution in [3.63, 3.8) is 0 Å². The largest absolute Gasteiger partial charge is 0.492 e. The van der Waals surface area contributed by atoms with Crippen LogP contribution in [0.5, 0.6) is 5.75 Å². The molecule has 8 nitrogen and oxygen atoms in total. The molecule has 0 saturated carbocycles. The molecule has 2 aromatic rings. The third-order valence-electron chi connectivity index (χ3n) is 4.78. The van der Waals surface area contributed by atoms with Gasteiger partial charge in [0, 0.05) is 50.6 Å². The van der Waals surface area contributed by atoms with Gasteiger partial charge in [-0.15, -0.1) is 10.2 Å². The van der Waals surface area contributed by atoms with Gasteiger partial charge in [-0.05, 0) is 37.6 Å². The molecule has 1 N–H and O–H groups in total. The van der Waals surface area contributed by atoms with Crippen LogP contribution in [0.1, 0.15) is 24.3 Å². The van der Waals surface area contributed by atoms with Crippen molar-refractivity contribution in [1.29, 1.82) is 0 Å². The van der Waals surface area contributed by atoms with Crippen LogP contribution in [0.25, 0.3) is 0 Å². The maximum Gasteiger partial charge on any atom is 0.226 e. The molecule has 0 radical (unpaired) electrons. The minimum Gasteiger partial charge on any atom is -0.492 e. The van der Waals surface area contributed by atoms with Gasteiger partial charge in [0.15, 0.2) is 0 Å². The first-order chi connectivity index (χ1) is 14.5. The number of hydrogen-bond donors (Lipinski definition) is 1. The highest BCUT2D eigenvalue weighted by atomic mass is 35.5. The van der Waals surface area contributed by atoms with Gasteiger partial charge >= 0.3 is 0 Å². The van der Waals surface area contributed by atoms with Gasteiger partial charge in [0.25, 0.3) is 0 Å². The summed E-state index contributed by atoms with van der Waals surface area (Å²) in [4.78, 5) is 28.5. The van der Waals surface area contributed by atoms with Crippen LogP contribution in [0, 0.1) is 6.92 Å². The second kappa shape index (κ2) is 11.2. The summed E-state index contributed by atoms with van der Waals surface area (Å²) < 4.78 is 5.73. The number of anilines is 1. The molecular weight excluding hydrogens is 426 g/mol. The van der Waals surface area contributed by atoms with E-state index in [2.05, 4.69) is 20.4 Å². The Morgan fingerprint density at radius 1 is 1.13 bits per heavy atom. The smallest absolute Gasteiger partial charge is 0.226 e. The zero-order valence-electron chi connectivity index (χ0n) is 17.0. The Hall–Kier alpha value is -2.23. The van der Waals surface area contributed by atoms with Crippen LogP contribution in [0.3, 0.4) is 0 Å². The number of hydrogen-bond acceptors (Lipinski definition) is 7. The lowest BCUT2D eigenvalue weighted by Crippen LogP contribution is -2.49. The summed E-state index contributed by atoms with van der Waals surface area (Å²) in [5.41, 5.74) is 0. The second-order valence-electron chi connectivity index (χ2n) is 7.05. The first kappa shape index (κ1) is 22.5. The van der Waals surface area contributed by atoms with Crippen LogP contribution < -0.4 is 10.1 Å². The normalized spacial score (nSPS) is 14.5. The number of aryl methyl sites for hydroxylation is 1. The fourth-order valence-corrected chi connectivity index (χ4v) is 3.87. The van der Waals surface area contributed by atoms with Crippen molar-refractivity contribution >= 4 is 39.9 Å². The van der Waals surface area contributed by atoms with Gasteiger partial charge in [-0.25, -0.2) is 0 Å². The Morgan fingerprint density at radius 3 is 2.53 bits per heavy atom. The number of rotatable bonds is 9. The number of halogens is 1. The number of carbonyl (C=O) groups is 2. The fraction of sp³-hybridized carbons (Fsp3) is 0.500. The molecule has 1 saturated heterocycles. The summed E-state index contributed by atoms with van der Waals surface area (Å²) in [5, 5.41) is 12.4. The van der Waals surface area contributed by atoms with Crippen LogP contribution in [0.2, 0.25) is 5.02 Å². The third-order valence-corrected chi connectivity index (χ3v) is 5.79. The molecule has 3 rings (SSSR count). The number of ether oxygens (including phenoxy) is 1. The van der Waals surface area contributed by atoms with E-state index in [1.54, 1.807) is 0 Å². The maximum absolute atomic E-state index is 12.4. The summed E-state index contributed by atoms with van der Waals surface area (Å²) in [5.74, 6) is 0.773. The lowest BCUT2D eigenvalue weighted by atomic mass is 10.2. The standard InChI is InChI=1S/C20H26ClN5O3S/c1-15-23-24-20(30-15)22-18(27)3-2-4-19(28)26-11-9-25(10-12-26)13-14-29-17-7-5-16(21)6-8-17/h5-8H,2-4,9-14H2,1H3,(H,22,24,27). The molecule has 0 unspecified atom stereocenters. The SMILES string of the molecule is Cc1nnc(NC(=O)CCCC(=O)N2CCN(CCOc3ccc(Cl)cc3)CC2)s1. The van der Waals surface area contributed by atoms with E-state index in [0.29, 0.717) is 49.1 Å². The minimum atomic E-state index is -0.135. The van der Waals surface area contributed by atoms with E-state index in [4.69, 9.17) is 16.3 Å². The number of piperazine rings is 1. The van der Waals surface area contributed by atoms with E-state index in [1.807, 2.05) is 36.1 Å². The van der Waals surface area contributed by atoms with Crippen molar-refractivity contribution in [3.05, 3.63) is 34.3 Å². The molecule has 1 aromatic heterocycles. The van der Waals surface area contributed by atoms with Crippen molar-refractivity contribution < 1.29 is 14.3 Å². The van der Waals surface area contributed by atoms with E-state index >= 15 is 0 Å². The number of carbonyl (C=O) groups excluding carboxylic acids is 2. The Bertz CT molecular complexity index is 837. The summed E-state index contributed by atoms with van der Waals surface area (Å²) >= 11 is 7.20. The Kier molecular flexibility index (Phi) is 8.41. The first-order valence-corrected chi connectivity index (χ1v) is 11.2. The zero-order valence-corrected chi connectivity index (χ0v) is 18.5. The zero-order chi connectivity index (χ0) is 21.3. The first-order valence-electron chi connectivity index (χ1n) is 9.98. The third kappa shape index (κ3) is 7.23. The molecule has 30 heavy (non-hydrogen) atoms. The Labute approximate surface area is 185 Å². The molecule has 0 spiro atoms. The van der Waals surface area contributed by atoms with Gasteiger partial charge in [-0.1, -0.05) is 22.9 Å². The Balaban J connectivity index is 1.27. The number of nitrogens with zero attached hydrogens (tertiary/aromatic N) is 4. The predicted octanol–water partition coefficient (Wildman–Crippen LogP) is 2.83. The molecule has 1 aliphatic rings. The highest BCUT2D eigenvalue weighted by Gasteiger charge is 2.21. The van der Waals surface area contributed by atoms with Gasteiger partial charge in [0.2, 0.25) is 16.9 Å². The number of aromatic nitrogens is 2. The maximum atomic E-state index is 12.4. The topological polar surface area (TPSA) is 87.7 Å².